The van der Waals surface area contributed by atoms with Gasteiger partial charge >= 0.3 is 0 Å². The van der Waals surface area contributed by atoms with Crippen LogP contribution < -0.4 is 0 Å². The summed E-state index contributed by atoms with van der Waals surface area (Å²) in [6, 6.07) is 0. The van der Waals surface area contributed by atoms with Crippen molar-refractivity contribution in [3.05, 3.63) is 6.54 Å². The molecule has 2 nitrogen and oxygen atoms in total. The van der Waals surface area contributed by atoms with Crippen molar-refractivity contribution in [3.8, 4) is 0 Å². The molecule has 0 fully saturated rings. The van der Waals surface area contributed by atoms with Gasteiger partial charge in [-0.25, -0.2) is 4.99 Å². The van der Waals surface area contributed by atoms with Gasteiger partial charge in [0.15, 0.2) is 11.8 Å². The van der Waals surface area contributed by atoms with Crippen molar-refractivity contribution in [2.45, 2.75) is 5.50 Å². The molecule has 0 aromatic carbocycles. The molecule has 0 saturated carbocycles. The highest BCUT2D eigenvalue weighted by Gasteiger charge is 2.11. The summed E-state index contributed by atoms with van der Waals surface area (Å²) in [6.45, 7) is 2.74. The largest absolute Gasteiger partial charge is 0.343 e. The van der Waals surface area contributed by atoms with Crippen molar-refractivity contribution in [2.75, 3.05) is 7.05 Å². The fourth-order valence-electron chi connectivity index (χ4n) is 0.355. The zero-order valence-electron chi connectivity index (χ0n) is 3.85. The Bertz CT molecular complexity index is 81.7. The second-order valence-electron chi connectivity index (χ2n) is 1.25. The van der Waals surface area contributed by atoms with Crippen molar-refractivity contribution < 1.29 is 0 Å². The van der Waals surface area contributed by atoms with Crippen molar-refractivity contribution in [1.82, 2.24) is 4.90 Å². The van der Waals surface area contributed by atoms with Crippen LogP contribution in [0.3, 0.4) is 0 Å². The van der Waals surface area contributed by atoms with E-state index >= 15 is 0 Å². The van der Waals surface area contributed by atoms with E-state index in [1.807, 2.05) is 0 Å². The van der Waals surface area contributed by atoms with Crippen LogP contribution in [0.25, 0.3) is 0 Å². The van der Waals surface area contributed by atoms with Crippen LogP contribution in [0.5, 0.6) is 0 Å². The highest BCUT2D eigenvalue weighted by molar-refractivity contribution is 6.22. The maximum Gasteiger partial charge on any atom is 0.169 e. The third-order valence-electron chi connectivity index (χ3n) is 0.621. The Morgan fingerprint density at radius 2 is 2.57 bits per heavy atom. The Labute approximate surface area is 47.8 Å². The second kappa shape index (κ2) is 1.70. The highest BCUT2D eigenvalue weighted by Crippen LogP contribution is 2.08. The number of rotatable bonds is 0. The summed E-state index contributed by atoms with van der Waals surface area (Å²) in [5.41, 5.74) is -0.315. The van der Waals surface area contributed by atoms with Gasteiger partial charge in [0, 0.05) is 7.05 Å². The lowest BCUT2D eigenvalue weighted by Gasteiger charge is -1.98. The average Bonchev–Trinajstić information content (AvgIpc) is 1.87. The third kappa shape index (κ3) is 1.06. The second-order valence-corrected chi connectivity index (χ2v) is 1.67. The summed E-state index contributed by atoms with van der Waals surface area (Å²) in [7, 11) is 1.78. The van der Waals surface area contributed by atoms with Crippen LogP contribution in [-0.2, 0) is 0 Å². The molecule has 1 unspecified atom stereocenters. The Hall–Kier alpha value is -0.240. The Balaban J connectivity index is 2.42. The third-order valence-corrected chi connectivity index (χ3v) is 0.816. The maximum atomic E-state index is 5.43. The van der Waals surface area contributed by atoms with E-state index in [0.29, 0.717) is 0 Å². The molecule has 0 N–H and O–H groups in total. The van der Waals surface area contributed by atoms with Gasteiger partial charge in [-0.2, -0.15) is 0 Å². The first-order chi connectivity index (χ1) is 3.29. The Morgan fingerprint density at radius 1 is 1.86 bits per heavy atom. The molecular formula is C4H4ClN2. The van der Waals surface area contributed by atoms with Crippen LogP contribution >= 0.6 is 11.6 Å². The van der Waals surface area contributed by atoms with Crippen LogP contribution in [0.2, 0.25) is 0 Å². The molecule has 3 heteroatoms. The minimum Gasteiger partial charge on any atom is -0.343 e. The molecule has 0 aromatic rings. The molecule has 7 heavy (non-hydrogen) atoms. The van der Waals surface area contributed by atoms with Crippen LogP contribution in [0, 0.1) is 6.54 Å². The summed E-state index contributed by atoms with van der Waals surface area (Å²) < 4.78 is 0. The van der Waals surface area contributed by atoms with Gasteiger partial charge in [-0.1, -0.05) is 11.6 Å². The molecule has 3 radical (unpaired) electrons. The van der Waals surface area contributed by atoms with Crippen LogP contribution in [-0.4, -0.2) is 23.8 Å². The summed E-state index contributed by atoms with van der Waals surface area (Å²) in [5, 5.41) is 0. The monoisotopic (exact) mass is 115 g/mol. The zero-order chi connectivity index (χ0) is 5.28. The molecule has 1 rings (SSSR count). The van der Waals surface area contributed by atoms with Crippen LogP contribution in [0.15, 0.2) is 4.99 Å². The van der Waals surface area contributed by atoms with E-state index < -0.39 is 0 Å². The van der Waals surface area contributed by atoms with E-state index in [1.165, 1.54) is 0 Å². The molecule has 1 aliphatic heterocycles. The van der Waals surface area contributed by atoms with Gasteiger partial charge in [0.1, 0.15) is 6.54 Å². The molecule has 0 spiro atoms. The summed E-state index contributed by atoms with van der Waals surface area (Å²) >= 11 is 5.43. The molecule has 0 amide bonds. The van der Waals surface area contributed by atoms with E-state index in [-0.39, 0.29) is 5.50 Å². The Kier molecular flexibility index (Phi) is 1.19. The summed E-state index contributed by atoms with van der Waals surface area (Å²) in [5.74, 6) is 0. The lowest BCUT2D eigenvalue weighted by atomic mass is 10.6. The average molecular weight is 116 g/mol. The molecule has 0 aliphatic carbocycles. The number of hydrogen-bond donors (Lipinski definition) is 0. The maximum absolute atomic E-state index is 5.43. The first kappa shape index (κ1) is 4.91. The molecule has 0 bridgehead atoms. The number of alkyl halides is 1. The van der Waals surface area contributed by atoms with Crippen LogP contribution in [0.4, 0.5) is 0 Å². The van der Waals surface area contributed by atoms with Gasteiger partial charge < -0.3 is 4.90 Å². The van der Waals surface area contributed by atoms with Crippen molar-refractivity contribution in [3.63, 3.8) is 0 Å². The van der Waals surface area contributed by atoms with E-state index in [2.05, 4.69) is 17.9 Å². The van der Waals surface area contributed by atoms with Gasteiger partial charge in [0.05, 0.1) is 0 Å². The molecule has 1 aliphatic rings. The predicted molar refractivity (Wildman–Crippen MR) is 28.1 cm³/mol. The molecule has 1 heterocycles. The Morgan fingerprint density at radius 3 is 2.71 bits per heavy atom. The van der Waals surface area contributed by atoms with Crippen molar-refractivity contribution in [2.24, 2.45) is 4.99 Å². The number of likely N-dealkylation sites (N-methyl/N-ethyl adjacent to an activating group) is 1. The van der Waals surface area contributed by atoms with Crippen molar-refractivity contribution >= 4 is 17.9 Å². The first-order valence-corrected chi connectivity index (χ1v) is 2.32. The molecule has 0 saturated heterocycles. The van der Waals surface area contributed by atoms with Crippen LogP contribution in [0.1, 0.15) is 0 Å². The topological polar surface area (TPSA) is 15.6 Å². The van der Waals surface area contributed by atoms with Crippen molar-refractivity contribution in [1.29, 1.82) is 0 Å². The smallest absolute Gasteiger partial charge is 0.169 e. The number of aliphatic imine (C=N–C) groups is 1. The molecule has 0 aromatic heterocycles. The minimum atomic E-state index is -0.315. The summed E-state index contributed by atoms with van der Waals surface area (Å²) in [6.07, 6.45) is 2.58. The molecular weight excluding hydrogens is 112 g/mol. The summed E-state index contributed by atoms with van der Waals surface area (Å²) in [4.78, 5) is 5.23. The fraction of sp³-hybridized carbons (Fsp3) is 0.500. The van der Waals surface area contributed by atoms with E-state index in [0.717, 1.165) is 0 Å². The minimum absolute atomic E-state index is 0.315. The van der Waals surface area contributed by atoms with Gasteiger partial charge in [-0.05, 0) is 0 Å². The van der Waals surface area contributed by atoms with Gasteiger partial charge in [-0.15, -0.1) is 0 Å². The van der Waals surface area contributed by atoms with E-state index in [1.54, 1.807) is 11.9 Å². The lowest BCUT2D eigenvalue weighted by molar-refractivity contribution is 0.645. The fourth-order valence-corrected chi connectivity index (χ4v) is 0.545. The van der Waals surface area contributed by atoms with Gasteiger partial charge in [0.2, 0.25) is 0 Å². The number of hydrogen-bond acceptors (Lipinski definition) is 2. The highest BCUT2D eigenvalue weighted by atomic mass is 35.5. The predicted octanol–water partition coefficient (Wildman–Crippen LogP) is 0.441. The standard InChI is InChI=1S/C4H4ClN2/c1-7-2-4(5)6-3-7/h4H,1H3. The first-order valence-electron chi connectivity index (χ1n) is 1.88. The quantitative estimate of drug-likeness (QED) is 0.331. The molecule has 37 valence electrons. The SMILES string of the molecule is CN1[C]C(Cl)N=[C]1. The zero-order valence-corrected chi connectivity index (χ0v) is 4.61. The van der Waals surface area contributed by atoms with Gasteiger partial charge in [0.25, 0.3) is 0 Å². The number of nitrogens with zero attached hydrogens (tertiary/aromatic N) is 2. The lowest BCUT2D eigenvalue weighted by Crippen LogP contribution is -2.08. The number of halogens is 1. The van der Waals surface area contributed by atoms with E-state index in [4.69, 9.17) is 11.6 Å². The van der Waals surface area contributed by atoms with Gasteiger partial charge in [-0.3, -0.25) is 0 Å². The molecule has 1 atom stereocenters. The van der Waals surface area contributed by atoms with E-state index in [9.17, 15) is 0 Å². The normalized spacial score (nSPS) is 29.4.